The topological polar surface area (TPSA) is 93.8 Å². The van der Waals surface area contributed by atoms with Gasteiger partial charge in [-0.3, -0.25) is 0 Å². The number of guanidine groups is 1. The molecule has 0 amide bonds. The molecule has 1 heterocycles. The minimum absolute atomic E-state index is 0. The molecule has 0 saturated carbocycles. The number of methoxy groups -OCH3 is 2. The Hall–Kier alpha value is -2.53. The summed E-state index contributed by atoms with van der Waals surface area (Å²) in [6, 6.07) is 13.1. The predicted molar refractivity (Wildman–Crippen MR) is 136 cm³/mol. The summed E-state index contributed by atoms with van der Waals surface area (Å²) in [6.45, 7) is 3.86. The summed E-state index contributed by atoms with van der Waals surface area (Å²) in [7, 11) is 3.23. The van der Waals surface area contributed by atoms with Crippen LogP contribution in [0.25, 0.3) is 11.4 Å². The zero-order valence-corrected chi connectivity index (χ0v) is 21.3. The van der Waals surface area contributed by atoms with Gasteiger partial charge in [0.05, 0.1) is 20.8 Å². The molecule has 0 bridgehead atoms. The van der Waals surface area contributed by atoms with E-state index in [-0.39, 0.29) is 24.0 Å². The summed E-state index contributed by atoms with van der Waals surface area (Å²) < 4.78 is 16.0. The Bertz CT molecular complexity index is 1010. The van der Waals surface area contributed by atoms with E-state index in [1.165, 1.54) is 0 Å². The van der Waals surface area contributed by atoms with Gasteiger partial charge in [-0.15, -0.1) is 24.0 Å². The van der Waals surface area contributed by atoms with Crippen LogP contribution in [0.4, 0.5) is 0 Å². The van der Waals surface area contributed by atoms with E-state index in [0.717, 1.165) is 17.7 Å². The number of nitrogens with zero attached hydrogens (tertiary/aromatic N) is 3. The third-order valence-corrected chi connectivity index (χ3v) is 4.67. The first-order valence-electron chi connectivity index (χ1n) is 9.94. The Kier molecular flexibility index (Phi) is 10.5. The zero-order valence-electron chi connectivity index (χ0n) is 18.2. The first-order chi connectivity index (χ1) is 15.1. The fourth-order valence-corrected chi connectivity index (χ4v) is 2.98. The molecule has 0 aliphatic rings. The lowest BCUT2D eigenvalue weighted by atomic mass is 10.2. The Morgan fingerprint density at radius 1 is 1.06 bits per heavy atom. The number of rotatable bonds is 9. The minimum atomic E-state index is 0. The van der Waals surface area contributed by atoms with Crippen LogP contribution >= 0.6 is 35.6 Å². The molecule has 3 aromatic rings. The van der Waals surface area contributed by atoms with Crippen LogP contribution in [0.1, 0.15) is 18.4 Å². The fraction of sp³-hybridized carbons (Fsp3) is 0.318. The normalized spacial score (nSPS) is 10.9. The molecule has 2 aromatic carbocycles. The maximum Gasteiger partial charge on any atom is 0.228 e. The lowest BCUT2D eigenvalue weighted by molar-refractivity contribution is 0.354. The van der Waals surface area contributed by atoms with E-state index in [2.05, 4.69) is 25.8 Å². The molecule has 32 heavy (non-hydrogen) atoms. The molecule has 0 fully saturated rings. The molecule has 0 aliphatic heterocycles. The molecule has 2 N–H and O–H groups in total. The van der Waals surface area contributed by atoms with Crippen LogP contribution in [0.15, 0.2) is 52.0 Å². The van der Waals surface area contributed by atoms with Gasteiger partial charge in [0.1, 0.15) is 0 Å². The van der Waals surface area contributed by atoms with Crippen molar-refractivity contribution in [3.05, 3.63) is 58.9 Å². The van der Waals surface area contributed by atoms with Crippen molar-refractivity contribution < 1.29 is 14.0 Å². The van der Waals surface area contributed by atoms with Gasteiger partial charge in [0.2, 0.25) is 11.7 Å². The second-order valence-corrected chi connectivity index (χ2v) is 7.02. The van der Waals surface area contributed by atoms with E-state index >= 15 is 0 Å². The van der Waals surface area contributed by atoms with Crippen LogP contribution in [0.5, 0.6) is 11.5 Å². The monoisotopic (exact) mass is 571 g/mol. The standard InChI is InChI=1S/C22H26ClN5O3.HI/c1-4-24-22(26-14-15-5-10-18(29-2)19(13-15)30-3)25-12-11-20-27-21(28-31-20)16-6-8-17(23)9-7-16;/h5-10,13H,4,11-12,14H2,1-3H3,(H2,24,25,26);1H. The molecule has 10 heteroatoms. The predicted octanol–water partition coefficient (Wildman–Crippen LogP) is 4.32. The van der Waals surface area contributed by atoms with E-state index in [9.17, 15) is 0 Å². The van der Waals surface area contributed by atoms with E-state index in [4.69, 9.17) is 25.6 Å². The van der Waals surface area contributed by atoms with Crippen molar-refractivity contribution in [3.8, 4) is 22.9 Å². The van der Waals surface area contributed by atoms with Gasteiger partial charge in [-0.25, -0.2) is 4.99 Å². The minimum Gasteiger partial charge on any atom is -0.493 e. The first kappa shape index (κ1) is 25.7. The van der Waals surface area contributed by atoms with Crippen LogP contribution in [-0.2, 0) is 13.0 Å². The Morgan fingerprint density at radius 3 is 2.50 bits per heavy atom. The van der Waals surface area contributed by atoms with E-state index in [0.29, 0.717) is 53.7 Å². The van der Waals surface area contributed by atoms with Gasteiger partial charge in [0, 0.05) is 30.1 Å². The molecule has 0 atom stereocenters. The number of halogens is 2. The van der Waals surface area contributed by atoms with Crippen molar-refractivity contribution in [2.24, 2.45) is 4.99 Å². The zero-order chi connectivity index (χ0) is 22.1. The van der Waals surface area contributed by atoms with Crippen molar-refractivity contribution in [1.82, 2.24) is 20.8 Å². The maximum atomic E-state index is 5.92. The second-order valence-electron chi connectivity index (χ2n) is 6.58. The van der Waals surface area contributed by atoms with Gasteiger partial charge in [-0.1, -0.05) is 22.8 Å². The molecule has 0 radical (unpaired) electrons. The van der Waals surface area contributed by atoms with Crippen LogP contribution in [0.2, 0.25) is 5.02 Å². The van der Waals surface area contributed by atoms with Crippen LogP contribution in [0, 0.1) is 0 Å². The smallest absolute Gasteiger partial charge is 0.228 e. The fourth-order valence-electron chi connectivity index (χ4n) is 2.85. The molecule has 0 spiro atoms. The van der Waals surface area contributed by atoms with Crippen LogP contribution < -0.4 is 20.1 Å². The van der Waals surface area contributed by atoms with Crippen molar-refractivity contribution >= 4 is 41.5 Å². The largest absolute Gasteiger partial charge is 0.493 e. The summed E-state index contributed by atoms with van der Waals surface area (Å²) >= 11 is 5.92. The van der Waals surface area contributed by atoms with Gasteiger partial charge in [0.15, 0.2) is 17.5 Å². The van der Waals surface area contributed by atoms with E-state index in [1.54, 1.807) is 26.4 Å². The highest BCUT2D eigenvalue weighted by molar-refractivity contribution is 14.0. The molecular formula is C22H27ClIN5O3. The van der Waals surface area contributed by atoms with Crippen LogP contribution in [-0.4, -0.2) is 43.4 Å². The van der Waals surface area contributed by atoms with Crippen molar-refractivity contribution in [1.29, 1.82) is 0 Å². The second kappa shape index (κ2) is 13.1. The summed E-state index contributed by atoms with van der Waals surface area (Å²) in [5, 5.41) is 11.2. The highest BCUT2D eigenvalue weighted by atomic mass is 127. The third kappa shape index (κ3) is 7.27. The Balaban J connectivity index is 0.00000363. The number of hydrogen-bond acceptors (Lipinski definition) is 6. The quantitative estimate of drug-likeness (QED) is 0.224. The SMILES string of the molecule is CCNC(=NCc1ccc(OC)c(OC)c1)NCCc1nc(-c2ccc(Cl)cc2)no1.I. The summed E-state index contributed by atoms with van der Waals surface area (Å²) in [6.07, 6.45) is 0.571. The Morgan fingerprint density at radius 2 is 1.81 bits per heavy atom. The summed E-state index contributed by atoms with van der Waals surface area (Å²) in [4.78, 5) is 9.06. The molecular weight excluding hydrogens is 545 g/mol. The molecule has 1 aromatic heterocycles. The highest BCUT2D eigenvalue weighted by Crippen LogP contribution is 2.27. The van der Waals surface area contributed by atoms with Crippen molar-refractivity contribution in [2.75, 3.05) is 27.3 Å². The highest BCUT2D eigenvalue weighted by Gasteiger charge is 2.09. The maximum absolute atomic E-state index is 5.92. The number of ether oxygens (including phenoxy) is 2. The Labute approximate surface area is 209 Å². The van der Waals surface area contributed by atoms with Gasteiger partial charge in [-0.2, -0.15) is 4.98 Å². The van der Waals surface area contributed by atoms with Crippen molar-refractivity contribution in [2.45, 2.75) is 19.9 Å². The number of aliphatic imine (C=N–C) groups is 1. The average Bonchev–Trinajstić information content (AvgIpc) is 3.26. The molecule has 172 valence electrons. The average molecular weight is 572 g/mol. The summed E-state index contributed by atoms with van der Waals surface area (Å²) in [5.74, 6) is 3.17. The van der Waals surface area contributed by atoms with Crippen molar-refractivity contribution in [3.63, 3.8) is 0 Å². The van der Waals surface area contributed by atoms with Gasteiger partial charge in [-0.05, 0) is 48.9 Å². The van der Waals surface area contributed by atoms with Gasteiger partial charge in [0.25, 0.3) is 0 Å². The summed E-state index contributed by atoms with van der Waals surface area (Å²) in [5.41, 5.74) is 1.87. The molecule has 8 nitrogen and oxygen atoms in total. The lowest BCUT2D eigenvalue weighted by Gasteiger charge is -2.11. The molecule has 0 aliphatic carbocycles. The lowest BCUT2D eigenvalue weighted by Crippen LogP contribution is -2.38. The third-order valence-electron chi connectivity index (χ3n) is 4.41. The van der Waals surface area contributed by atoms with Crippen LogP contribution in [0.3, 0.4) is 0 Å². The molecule has 3 rings (SSSR count). The number of aromatic nitrogens is 2. The molecule has 0 unspecified atom stereocenters. The van der Waals surface area contributed by atoms with E-state index < -0.39 is 0 Å². The number of benzene rings is 2. The number of hydrogen-bond donors (Lipinski definition) is 2. The van der Waals surface area contributed by atoms with Gasteiger partial charge < -0.3 is 24.6 Å². The van der Waals surface area contributed by atoms with Gasteiger partial charge >= 0.3 is 0 Å². The molecule has 0 saturated heterocycles. The van der Waals surface area contributed by atoms with E-state index in [1.807, 2.05) is 37.3 Å². The first-order valence-corrected chi connectivity index (χ1v) is 10.3. The number of nitrogens with one attached hydrogen (secondary N) is 2.